The van der Waals surface area contributed by atoms with E-state index < -0.39 is 30.0 Å². The standard InChI is InChI=1S/C42H59N5O6S/c1-7-28(4)37(46-39(50)35-20-14-15-21-47(35)6)40(51)44-33(27(2)3)24-36(48)41-45-34(26-54-41)38(49)43-32(23-30-16-10-8-11-17-30)22-29(5)42(52)53-25-31-18-12-9-13-19-31/h8-13,16-19,26-29,32-33,35-37,48H,7,14-15,20-25H2,1-6H3,(H,43,49)(H,44,51)(H,46,50)/t28-,29-,32+,33+,35+,36-,37-/m0/s1. The van der Waals surface area contributed by atoms with Crippen LogP contribution in [0.3, 0.4) is 0 Å². The molecule has 54 heavy (non-hydrogen) atoms. The van der Waals surface area contributed by atoms with E-state index in [0.717, 1.165) is 36.9 Å². The molecule has 0 spiro atoms. The second kappa shape index (κ2) is 21.1. The van der Waals surface area contributed by atoms with Gasteiger partial charge < -0.3 is 25.8 Å². The van der Waals surface area contributed by atoms with E-state index in [1.54, 1.807) is 12.3 Å². The van der Waals surface area contributed by atoms with Gasteiger partial charge in [0.05, 0.1) is 12.0 Å². The number of aliphatic hydroxyl groups is 1. The van der Waals surface area contributed by atoms with Crippen molar-refractivity contribution >= 4 is 35.0 Å². The predicted octanol–water partition coefficient (Wildman–Crippen LogP) is 5.83. The summed E-state index contributed by atoms with van der Waals surface area (Å²) in [5.41, 5.74) is 2.08. The van der Waals surface area contributed by atoms with Crippen molar-refractivity contribution in [1.29, 1.82) is 0 Å². The number of carbonyl (C=O) groups is 4. The molecule has 1 saturated heterocycles. The fourth-order valence-corrected chi connectivity index (χ4v) is 7.56. The van der Waals surface area contributed by atoms with Crippen molar-refractivity contribution in [2.24, 2.45) is 17.8 Å². The Hall–Kier alpha value is -4.13. The number of likely N-dealkylation sites (tertiary alicyclic amines) is 1. The smallest absolute Gasteiger partial charge is 0.309 e. The molecule has 11 nitrogen and oxygen atoms in total. The van der Waals surface area contributed by atoms with Gasteiger partial charge in [0.2, 0.25) is 11.8 Å². The van der Waals surface area contributed by atoms with Crippen molar-refractivity contribution in [2.75, 3.05) is 13.6 Å². The van der Waals surface area contributed by atoms with Crippen LogP contribution >= 0.6 is 11.3 Å². The van der Waals surface area contributed by atoms with Gasteiger partial charge in [-0.2, -0.15) is 0 Å². The average Bonchev–Trinajstić information content (AvgIpc) is 3.67. The Morgan fingerprint density at radius 1 is 0.926 bits per heavy atom. The number of piperidine rings is 1. The topological polar surface area (TPSA) is 150 Å². The fraction of sp³-hybridized carbons (Fsp3) is 0.548. The van der Waals surface area contributed by atoms with Gasteiger partial charge in [-0.15, -0.1) is 11.3 Å². The Bertz CT molecular complexity index is 1640. The van der Waals surface area contributed by atoms with Crippen LogP contribution in [-0.4, -0.2) is 76.4 Å². The summed E-state index contributed by atoms with van der Waals surface area (Å²) in [7, 11) is 1.95. The maximum atomic E-state index is 13.7. The number of aromatic nitrogens is 1. The summed E-state index contributed by atoms with van der Waals surface area (Å²) in [4.78, 5) is 60.0. The van der Waals surface area contributed by atoms with E-state index in [4.69, 9.17) is 4.74 Å². The maximum absolute atomic E-state index is 13.7. The van der Waals surface area contributed by atoms with E-state index in [9.17, 15) is 24.3 Å². The second-order valence-corrected chi connectivity index (χ2v) is 16.0. The molecule has 1 aliphatic rings. The Balaban J connectivity index is 1.38. The van der Waals surface area contributed by atoms with Crippen LogP contribution in [0.2, 0.25) is 0 Å². The number of hydrogen-bond acceptors (Lipinski definition) is 9. The van der Waals surface area contributed by atoms with Crippen molar-refractivity contribution < 1.29 is 29.0 Å². The van der Waals surface area contributed by atoms with Crippen molar-refractivity contribution in [1.82, 2.24) is 25.8 Å². The molecular formula is C42H59N5O6S. The molecule has 0 unspecified atom stereocenters. The molecule has 7 atom stereocenters. The first-order valence-electron chi connectivity index (χ1n) is 19.4. The molecule has 2 heterocycles. The monoisotopic (exact) mass is 761 g/mol. The van der Waals surface area contributed by atoms with Gasteiger partial charge in [-0.1, -0.05) is 108 Å². The highest BCUT2D eigenvalue weighted by atomic mass is 32.1. The molecule has 0 saturated carbocycles. The van der Waals surface area contributed by atoms with Crippen molar-refractivity contribution in [2.45, 2.75) is 116 Å². The molecule has 1 aromatic heterocycles. The number of nitrogens with one attached hydrogen (secondary N) is 3. The Kier molecular flexibility index (Phi) is 16.6. The molecule has 4 N–H and O–H groups in total. The summed E-state index contributed by atoms with van der Waals surface area (Å²) in [6.45, 7) is 10.7. The lowest BCUT2D eigenvalue weighted by molar-refractivity contribution is -0.149. The van der Waals surface area contributed by atoms with Crippen LogP contribution in [0.25, 0.3) is 0 Å². The molecule has 0 radical (unpaired) electrons. The molecule has 294 valence electrons. The summed E-state index contributed by atoms with van der Waals surface area (Å²) in [5, 5.41) is 22.5. The van der Waals surface area contributed by atoms with Gasteiger partial charge in [-0.05, 0) is 62.2 Å². The van der Waals surface area contributed by atoms with Crippen molar-refractivity contribution in [3.05, 3.63) is 87.9 Å². The lowest BCUT2D eigenvalue weighted by Crippen LogP contribution is -2.57. The summed E-state index contributed by atoms with van der Waals surface area (Å²) in [6, 6.07) is 17.5. The first-order valence-corrected chi connectivity index (χ1v) is 20.2. The number of amides is 3. The third-order valence-electron chi connectivity index (χ3n) is 10.4. The van der Waals surface area contributed by atoms with Gasteiger partial charge in [0, 0.05) is 23.9 Å². The van der Waals surface area contributed by atoms with Gasteiger partial charge in [-0.25, -0.2) is 4.98 Å². The van der Waals surface area contributed by atoms with E-state index in [1.165, 1.54) is 11.3 Å². The van der Waals surface area contributed by atoms with E-state index in [1.807, 2.05) is 100 Å². The summed E-state index contributed by atoms with van der Waals surface area (Å²) >= 11 is 1.18. The maximum Gasteiger partial charge on any atom is 0.309 e. The quantitative estimate of drug-likeness (QED) is 0.112. The van der Waals surface area contributed by atoms with Crippen LogP contribution in [0.15, 0.2) is 66.0 Å². The number of aliphatic hydroxyl groups excluding tert-OH is 1. The molecule has 1 aliphatic heterocycles. The molecule has 0 bridgehead atoms. The van der Waals surface area contributed by atoms with Crippen LogP contribution in [0.4, 0.5) is 0 Å². The predicted molar refractivity (Wildman–Crippen MR) is 212 cm³/mol. The normalized spacial score (nSPS) is 18.1. The molecule has 4 rings (SSSR count). The molecule has 3 amide bonds. The zero-order chi connectivity index (χ0) is 39.2. The number of rotatable bonds is 19. The Morgan fingerprint density at radius 2 is 1.59 bits per heavy atom. The highest BCUT2D eigenvalue weighted by molar-refractivity contribution is 7.09. The van der Waals surface area contributed by atoms with Crippen molar-refractivity contribution in [3.63, 3.8) is 0 Å². The Morgan fingerprint density at radius 3 is 2.22 bits per heavy atom. The van der Waals surface area contributed by atoms with Crippen LogP contribution in [0, 0.1) is 17.8 Å². The number of carbonyl (C=O) groups excluding carboxylic acids is 4. The highest BCUT2D eigenvalue weighted by Gasteiger charge is 2.34. The summed E-state index contributed by atoms with van der Waals surface area (Å²) in [5.74, 6) is -1.73. The second-order valence-electron chi connectivity index (χ2n) is 15.1. The molecule has 12 heteroatoms. The minimum atomic E-state index is -1.03. The molecule has 1 fully saturated rings. The average molecular weight is 762 g/mol. The highest BCUT2D eigenvalue weighted by Crippen LogP contribution is 2.26. The number of likely N-dealkylation sites (N-methyl/N-ethyl adjacent to an activating group) is 1. The zero-order valence-electron chi connectivity index (χ0n) is 32.6. The number of nitrogens with zero attached hydrogens (tertiary/aromatic N) is 2. The van der Waals surface area contributed by atoms with Crippen molar-refractivity contribution in [3.8, 4) is 0 Å². The lowest BCUT2D eigenvalue weighted by Gasteiger charge is -2.34. The first kappa shape index (κ1) is 42.6. The molecule has 3 aromatic rings. The van der Waals surface area contributed by atoms with Gasteiger partial charge in [-0.3, -0.25) is 24.1 Å². The number of esters is 1. The van der Waals surface area contributed by atoms with Crippen LogP contribution in [0.1, 0.15) is 106 Å². The van der Waals surface area contributed by atoms with E-state index in [-0.39, 0.29) is 60.4 Å². The number of thiazole rings is 1. The van der Waals surface area contributed by atoms with E-state index >= 15 is 0 Å². The van der Waals surface area contributed by atoms with Gasteiger partial charge in [0.25, 0.3) is 5.91 Å². The largest absolute Gasteiger partial charge is 0.461 e. The van der Waals surface area contributed by atoms with Crippen LogP contribution < -0.4 is 16.0 Å². The van der Waals surface area contributed by atoms with Gasteiger partial charge in [0.1, 0.15) is 29.5 Å². The fourth-order valence-electron chi connectivity index (χ4n) is 6.76. The van der Waals surface area contributed by atoms with Gasteiger partial charge >= 0.3 is 5.97 Å². The minimum absolute atomic E-state index is 0.0239. The molecule has 2 aromatic carbocycles. The number of benzene rings is 2. The SMILES string of the molecule is CC[C@H](C)[C@H](NC(=O)[C@H]1CCCCN1C)C(=O)N[C@H](C[C@H](O)c1nc(C(=O)N[C@@H](Cc2ccccc2)C[C@H](C)C(=O)OCc2ccccc2)cs1)C(C)C. The number of ether oxygens (including phenoxy) is 1. The van der Waals surface area contributed by atoms with E-state index in [0.29, 0.717) is 24.3 Å². The third kappa shape index (κ3) is 12.7. The first-order chi connectivity index (χ1) is 25.9. The molecular weight excluding hydrogens is 703 g/mol. The van der Waals surface area contributed by atoms with Gasteiger partial charge in [0.15, 0.2) is 0 Å². The summed E-state index contributed by atoms with van der Waals surface area (Å²) in [6.07, 6.45) is 3.54. The number of hydrogen-bond donors (Lipinski definition) is 4. The van der Waals surface area contributed by atoms with E-state index in [2.05, 4.69) is 20.9 Å². The minimum Gasteiger partial charge on any atom is -0.461 e. The molecule has 0 aliphatic carbocycles. The van der Waals surface area contributed by atoms with Crippen LogP contribution in [-0.2, 0) is 32.1 Å². The van der Waals surface area contributed by atoms with Crippen LogP contribution in [0.5, 0.6) is 0 Å². The summed E-state index contributed by atoms with van der Waals surface area (Å²) < 4.78 is 5.57. The zero-order valence-corrected chi connectivity index (χ0v) is 33.4. The third-order valence-corrected chi connectivity index (χ3v) is 11.4. The lowest BCUT2D eigenvalue weighted by atomic mass is 9.94. The Labute approximate surface area is 324 Å².